The average molecular weight is 277 g/mol. The third-order valence-electron chi connectivity index (χ3n) is 3.13. The van der Waals surface area contributed by atoms with Crippen LogP contribution in [0.3, 0.4) is 0 Å². The van der Waals surface area contributed by atoms with Crippen LogP contribution in [0.2, 0.25) is 0 Å². The Labute approximate surface area is 123 Å². The van der Waals surface area contributed by atoms with Crippen LogP contribution in [0.25, 0.3) is 22.8 Å². The Morgan fingerprint density at radius 3 is 1.86 bits per heavy atom. The summed E-state index contributed by atoms with van der Waals surface area (Å²) in [6.45, 7) is 1.88. The van der Waals surface area contributed by atoms with E-state index in [-0.39, 0.29) is 0 Å². The maximum Gasteiger partial charge on any atom is 0.163 e. The Balaban J connectivity index is 2.05. The number of ether oxygens (including phenoxy) is 1. The van der Waals surface area contributed by atoms with Crippen molar-refractivity contribution in [1.29, 1.82) is 0 Å². The molecule has 1 aromatic heterocycles. The van der Waals surface area contributed by atoms with E-state index in [0.717, 1.165) is 16.9 Å². The van der Waals surface area contributed by atoms with Gasteiger partial charge in [0.25, 0.3) is 0 Å². The largest absolute Gasteiger partial charge is 0.497 e. The number of methoxy groups -OCH3 is 1. The highest BCUT2D eigenvalue weighted by molar-refractivity contribution is 5.61. The van der Waals surface area contributed by atoms with Gasteiger partial charge in [0.2, 0.25) is 0 Å². The molecule has 0 bridgehead atoms. The predicted octanol–water partition coefficient (Wildman–Crippen LogP) is 3.52. The molecule has 0 radical (unpaired) electrons. The fourth-order valence-electron chi connectivity index (χ4n) is 2.07. The number of aromatic nitrogens is 3. The summed E-state index contributed by atoms with van der Waals surface area (Å²) in [7, 11) is 1.65. The molecule has 1 heterocycles. The minimum Gasteiger partial charge on any atom is -0.497 e. The van der Waals surface area contributed by atoms with Crippen molar-refractivity contribution in [2.24, 2.45) is 0 Å². The average Bonchev–Trinajstić information content (AvgIpc) is 2.55. The lowest BCUT2D eigenvalue weighted by atomic mass is 10.2. The van der Waals surface area contributed by atoms with Gasteiger partial charge in [0, 0.05) is 11.1 Å². The molecule has 104 valence electrons. The first-order valence-corrected chi connectivity index (χ1v) is 6.69. The molecule has 21 heavy (non-hydrogen) atoms. The summed E-state index contributed by atoms with van der Waals surface area (Å²) in [5.41, 5.74) is 1.93. The molecule has 0 saturated carbocycles. The molecule has 0 N–H and O–H groups in total. The van der Waals surface area contributed by atoms with E-state index in [9.17, 15) is 0 Å². The van der Waals surface area contributed by atoms with E-state index in [1.165, 1.54) is 0 Å². The molecule has 0 unspecified atom stereocenters. The molecule has 3 aromatic rings. The lowest BCUT2D eigenvalue weighted by Crippen LogP contribution is -1.99. The molecule has 0 aliphatic carbocycles. The fourth-order valence-corrected chi connectivity index (χ4v) is 2.07. The Morgan fingerprint density at radius 1 is 0.714 bits per heavy atom. The van der Waals surface area contributed by atoms with E-state index in [4.69, 9.17) is 4.74 Å². The van der Waals surface area contributed by atoms with E-state index in [0.29, 0.717) is 17.5 Å². The summed E-state index contributed by atoms with van der Waals surface area (Å²) in [5, 5.41) is 0. The van der Waals surface area contributed by atoms with Crippen molar-refractivity contribution in [3.05, 3.63) is 60.4 Å². The second-order valence-corrected chi connectivity index (χ2v) is 4.62. The Kier molecular flexibility index (Phi) is 3.60. The normalized spacial score (nSPS) is 10.4. The van der Waals surface area contributed by atoms with Crippen LogP contribution in [0.1, 0.15) is 5.82 Å². The summed E-state index contributed by atoms with van der Waals surface area (Å²) >= 11 is 0. The van der Waals surface area contributed by atoms with Crippen molar-refractivity contribution in [3.8, 4) is 28.5 Å². The van der Waals surface area contributed by atoms with Crippen molar-refractivity contribution >= 4 is 0 Å². The molecule has 0 amide bonds. The highest BCUT2D eigenvalue weighted by Gasteiger charge is 2.08. The third-order valence-corrected chi connectivity index (χ3v) is 3.13. The van der Waals surface area contributed by atoms with Crippen molar-refractivity contribution in [3.63, 3.8) is 0 Å². The van der Waals surface area contributed by atoms with Gasteiger partial charge in [0.15, 0.2) is 11.6 Å². The second-order valence-electron chi connectivity index (χ2n) is 4.62. The molecule has 2 aromatic carbocycles. The number of rotatable bonds is 3. The van der Waals surface area contributed by atoms with Gasteiger partial charge in [-0.2, -0.15) is 0 Å². The zero-order chi connectivity index (χ0) is 14.7. The van der Waals surface area contributed by atoms with Crippen LogP contribution in [-0.4, -0.2) is 22.1 Å². The Morgan fingerprint density at radius 2 is 1.29 bits per heavy atom. The van der Waals surface area contributed by atoms with Crippen molar-refractivity contribution < 1.29 is 4.74 Å². The zero-order valence-electron chi connectivity index (χ0n) is 11.9. The van der Waals surface area contributed by atoms with E-state index < -0.39 is 0 Å². The monoisotopic (exact) mass is 277 g/mol. The second kappa shape index (κ2) is 5.71. The standard InChI is InChI=1S/C17H15N3O/c1-12-18-16(13-6-4-3-5-7-13)20-17(19-12)14-8-10-15(21-2)11-9-14/h3-11H,1-2H3. The van der Waals surface area contributed by atoms with Crippen LogP contribution in [0.4, 0.5) is 0 Å². The molecule has 0 aliphatic rings. The van der Waals surface area contributed by atoms with Gasteiger partial charge in [-0.1, -0.05) is 30.3 Å². The lowest BCUT2D eigenvalue weighted by molar-refractivity contribution is 0.415. The Hall–Kier alpha value is -2.75. The predicted molar refractivity (Wildman–Crippen MR) is 82.0 cm³/mol. The first-order chi connectivity index (χ1) is 10.3. The van der Waals surface area contributed by atoms with Crippen molar-refractivity contribution in [2.45, 2.75) is 6.92 Å². The van der Waals surface area contributed by atoms with E-state index in [1.807, 2.05) is 61.5 Å². The summed E-state index contributed by atoms with van der Waals surface area (Å²) in [6, 6.07) is 17.6. The van der Waals surface area contributed by atoms with Crippen LogP contribution in [0.15, 0.2) is 54.6 Å². The first kappa shape index (κ1) is 13.2. The van der Waals surface area contributed by atoms with E-state index >= 15 is 0 Å². The molecule has 0 saturated heterocycles. The lowest BCUT2D eigenvalue weighted by Gasteiger charge is -2.06. The van der Waals surface area contributed by atoms with Gasteiger partial charge in [-0.15, -0.1) is 0 Å². The molecule has 0 atom stereocenters. The van der Waals surface area contributed by atoms with Crippen LogP contribution in [0, 0.1) is 6.92 Å². The van der Waals surface area contributed by atoms with Crippen molar-refractivity contribution in [2.75, 3.05) is 7.11 Å². The zero-order valence-corrected chi connectivity index (χ0v) is 11.9. The smallest absolute Gasteiger partial charge is 0.163 e. The van der Waals surface area contributed by atoms with Gasteiger partial charge < -0.3 is 4.74 Å². The first-order valence-electron chi connectivity index (χ1n) is 6.69. The van der Waals surface area contributed by atoms with Crippen LogP contribution in [0.5, 0.6) is 5.75 Å². The van der Waals surface area contributed by atoms with Gasteiger partial charge >= 0.3 is 0 Å². The van der Waals surface area contributed by atoms with E-state index in [2.05, 4.69) is 15.0 Å². The maximum atomic E-state index is 5.17. The summed E-state index contributed by atoms with van der Waals surface area (Å²) < 4.78 is 5.17. The molecule has 3 rings (SSSR count). The van der Waals surface area contributed by atoms with Crippen molar-refractivity contribution in [1.82, 2.24) is 15.0 Å². The number of hydrogen-bond donors (Lipinski definition) is 0. The molecular weight excluding hydrogens is 262 g/mol. The topological polar surface area (TPSA) is 47.9 Å². The molecule has 0 aliphatic heterocycles. The molecular formula is C17H15N3O. The van der Waals surface area contributed by atoms with Crippen LogP contribution >= 0.6 is 0 Å². The molecule has 4 nitrogen and oxygen atoms in total. The SMILES string of the molecule is COc1ccc(-c2nc(C)nc(-c3ccccc3)n2)cc1. The van der Waals surface area contributed by atoms with Gasteiger partial charge in [-0.3, -0.25) is 0 Å². The Bertz CT molecular complexity index is 740. The van der Waals surface area contributed by atoms with Crippen LogP contribution in [-0.2, 0) is 0 Å². The maximum absolute atomic E-state index is 5.17. The van der Waals surface area contributed by atoms with Gasteiger partial charge in [0.05, 0.1) is 7.11 Å². The van der Waals surface area contributed by atoms with Gasteiger partial charge in [-0.05, 0) is 31.2 Å². The highest BCUT2D eigenvalue weighted by Crippen LogP contribution is 2.22. The number of hydrogen-bond acceptors (Lipinski definition) is 4. The van der Waals surface area contributed by atoms with Gasteiger partial charge in [-0.25, -0.2) is 15.0 Å². The number of nitrogens with zero attached hydrogens (tertiary/aromatic N) is 3. The number of aryl methyl sites for hydroxylation is 1. The highest BCUT2D eigenvalue weighted by atomic mass is 16.5. The van der Waals surface area contributed by atoms with E-state index in [1.54, 1.807) is 7.11 Å². The molecule has 0 spiro atoms. The number of benzene rings is 2. The summed E-state index contributed by atoms with van der Waals surface area (Å²) in [5.74, 6) is 2.88. The molecule has 4 heteroatoms. The minimum atomic E-state index is 0.670. The fraction of sp³-hybridized carbons (Fsp3) is 0.118. The van der Waals surface area contributed by atoms with Gasteiger partial charge in [0.1, 0.15) is 11.6 Å². The summed E-state index contributed by atoms with van der Waals surface area (Å²) in [6.07, 6.45) is 0. The summed E-state index contributed by atoms with van der Waals surface area (Å²) in [4.78, 5) is 13.4. The third kappa shape index (κ3) is 2.89. The quantitative estimate of drug-likeness (QED) is 0.735. The van der Waals surface area contributed by atoms with Crippen LogP contribution < -0.4 is 4.74 Å². The minimum absolute atomic E-state index is 0.670. The molecule has 0 fully saturated rings.